The highest BCUT2D eigenvalue weighted by Gasteiger charge is 2.34. The summed E-state index contributed by atoms with van der Waals surface area (Å²) in [5.74, 6) is 0.0770. The van der Waals surface area contributed by atoms with Crippen LogP contribution in [0.15, 0.2) is 75.7 Å². The van der Waals surface area contributed by atoms with Gasteiger partial charge in [-0.1, -0.05) is 53.3 Å². The van der Waals surface area contributed by atoms with Gasteiger partial charge in [-0.2, -0.15) is 0 Å². The summed E-state index contributed by atoms with van der Waals surface area (Å²) in [6, 6.07) is 15.1. The van der Waals surface area contributed by atoms with Crippen LogP contribution in [0.5, 0.6) is 5.75 Å². The molecule has 1 aliphatic heterocycles. The van der Waals surface area contributed by atoms with E-state index in [2.05, 4.69) is 50.2 Å². The molecule has 1 aromatic heterocycles. The van der Waals surface area contributed by atoms with Crippen LogP contribution in [0, 0.1) is 24.2 Å². The Hall–Kier alpha value is -3.08. The highest BCUT2D eigenvalue weighted by molar-refractivity contribution is 14.1. The van der Waals surface area contributed by atoms with E-state index in [0.717, 1.165) is 18.3 Å². The van der Waals surface area contributed by atoms with Crippen molar-refractivity contribution in [3.8, 4) is 5.75 Å². The molecular weight excluding hydrogens is 832 g/mol. The first-order valence-corrected chi connectivity index (χ1v) is 16.6. The molecule has 0 saturated heterocycles. The van der Waals surface area contributed by atoms with E-state index in [9.17, 15) is 19.7 Å². The van der Waals surface area contributed by atoms with Crippen LogP contribution >= 0.6 is 68.1 Å². The number of thiazole rings is 1. The fraction of sp³-hybridized carbons (Fsp3) is 0.194. The molecule has 0 unspecified atom stereocenters. The van der Waals surface area contributed by atoms with Gasteiger partial charge in [0.1, 0.15) is 12.4 Å². The molecule has 0 fully saturated rings. The predicted molar refractivity (Wildman–Crippen MR) is 186 cm³/mol. The van der Waals surface area contributed by atoms with Crippen LogP contribution in [0.4, 0.5) is 5.69 Å². The number of allylic oxidation sites excluding steroid dienone is 1. The monoisotopic (exact) mass is 855 g/mol. The Morgan fingerprint density at radius 3 is 2.52 bits per heavy atom. The SMILES string of the molecule is CCOC(=O)C1=C(C)N=c2s/c(=C/c3cc(I)c(OCc4ccccc4Cl)c(I)c3)c(=O)n2[C@H]1c1ccc(C)c([N+](=O)[O-])c1. The van der Waals surface area contributed by atoms with E-state index in [4.69, 9.17) is 21.1 Å². The molecule has 13 heteroatoms. The number of benzene rings is 3. The van der Waals surface area contributed by atoms with E-state index in [1.54, 1.807) is 39.0 Å². The number of hydrogen-bond acceptors (Lipinski definition) is 8. The van der Waals surface area contributed by atoms with Gasteiger partial charge in [0, 0.05) is 22.2 Å². The van der Waals surface area contributed by atoms with Gasteiger partial charge >= 0.3 is 5.97 Å². The van der Waals surface area contributed by atoms with E-state index in [1.165, 1.54) is 22.0 Å². The van der Waals surface area contributed by atoms with Crippen LogP contribution in [-0.4, -0.2) is 22.1 Å². The molecular formula is C31H24ClI2N3O6S. The maximum Gasteiger partial charge on any atom is 0.338 e. The van der Waals surface area contributed by atoms with Crippen molar-refractivity contribution in [2.24, 2.45) is 4.99 Å². The number of fused-ring (bicyclic) bond motifs is 1. The van der Waals surface area contributed by atoms with Crippen LogP contribution in [0.25, 0.3) is 6.08 Å². The van der Waals surface area contributed by atoms with Crippen molar-refractivity contribution in [3.05, 3.63) is 130 Å². The van der Waals surface area contributed by atoms with Crippen LogP contribution in [-0.2, 0) is 16.1 Å². The zero-order valence-electron chi connectivity index (χ0n) is 23.6. The number of esters is 1. The molecule has 2 heterocycles. The maximum atomic E-state index is 14.0. The number of nitro groups is 1. The lowest BCUT2D eigenvalue weighted by Gasteiger charge is -2.24. The molecule has 226 valence electrons. The van der Waals surface area contributed by atoms with Crippen LogP contribution in [0.1, 0.15) is 42.1 Å². The second-order valence-corrected chi connectivity index (χ2v) is 13.5. The van der Waals surface area contributed by atoms with Crippen molar-refractivity contribution in [3.63, 3.8) is 0 Å². The van der Waals surface area contributed by atoms with Crippen LogP contribution in [0.2, 0.25) is 5.02 Å². The van der Waals surface area contributed by atoms with Gasteiger partial charge in [0.05, 0.1) is 40.5 Å². The predicted octanol–water partition coefficient (Wildman–Crippen LogP) is 6.46. The van der Waals surface area contributed by atoms with Gasteiger partial charge in [-0.3, -0.25) is 19.5 Å². The van der Waals surface area contributed by atoms with Crippen molar-refractivity contribution < 1.29 is 19.2 Å². The zero-order chi connectivity index (χ0) is 31.7. The third kappa shape index (κ3) is 6.48. The second kappa shape index (κ2) is 13.5. The minimum Gasteiger partial charge on any atom is -0.487 e. The minimum absolute atomic E-state index is 0.108. The van der Waals surface area contributed by atoms with Gasteiger partial charge in [-0.15, -0.1) is 0 Å². The number of nitro benzene ring substituents is 1. The molecule has 0 saturated carbocycles. The summed E-state index contributed by atoms with van der Waals surface area (Å²) >= 11 is 11.9. The fourth-order valence-corrected chi connectivity index (χ4v) is 8.18. The Morgan fingerprint density at radius 2 is 1.86 bits per heavy atom. The lowest BCUT2D eigenvalue weighted by Crippen LogP contribution is -2.40. The van der Waals surface area contributed by atoms with Gasteiger partial charge in [-0.25, -0.2) is 9.79 Å². The Kier molecular flexibility index (Phi) is 9.92. The molecule has 1 aliphatic rings. The van der Waals surface area contributed by atoms with Crippen molar-refractivity contribution in [2.45, 2.75) is 33.4 Å². The topological polar surface area (TPSA) is 113 Å². The van der Waals surface area contributed by atoms with Gasteiger partial charge in [0.2, 0.25) is 0 Å². The first-order chi connectivity index (χ1) is 21.0. The van der Waals surface area contributed by atoms with Gasteiger partial charge < -0.3 is 9.47 Å². The molecule has 44 heavy (non-hydrogen) atoms. The molecule has 0 amide bonds. The average Bonchev–Trinajstić information content (AvgIpc) is 3.26. The summed E-state index contributed by atoms with van der Waals surface area (Å²) < 4.78 is 14.9. The summed E-state index contributed by atoms with van der Waals surface area (Å²) in [5.41, 5.74) is 2.59. The van der Waals surface area contributed by atoms with Crippen molar-refractivity contribution in [1.29, 1.82) is 0 Å². The lowest BCUT2D eigenvalue weighted by molar-refractivity contribution is -0.385. The normalized spacial score (nSPS) is 14.7. The van der Waals surface area contributed by atoms with Crippen LogP contribution < -0.4 is 19.6 Å². The summed E-state index contributed by atoms with van der Waals surface area (Å²) in [6.07, 6.45) is 1.77. The van der Waals surface area contributed by atoms with E-state index in [0.29, 0.717) is 43.5 Å². The molecule has 5 rings (SSSR count). The van der Waals surface area contributed by atoms with Crippen molar-refractivity contribution in [1.82, 2.24) is 4.57 Å². The maximum absolute atomic E-state index is 14.0. The first-order valence-electron chi connectivity index (χ1n) is 13.3. The standard InChI is InChI=1S/C31H24ClI2N3O6S/c1-4-42-30(39)26-17(3)35-31-36(27(26)19-10-9-16(2)24(14-19)37(40)41)29(38)25(44-31)13-18-11-22(33)28(23(34)12-18)43-15-20-7-5-6-8-21(20)32/h5-14,27H,4,15H2,1-3H3/b25-13+/t27-/m0/s1. The number of ether oxygens (including phenoxy) is 2. The van der Waals surface area contributed by atoms with E-state index < -0.39 is 16.9 Å². The molecule has 0 N–H and O–H groups in total. The third-order valence-corrected chi connectivity index (χ3v) is 9.87. The number of carbonyl (C=O) groups is 1. The number of halogens is 3. The van der Waals surface area contributed by atoms with Gasteiger partial charge in [0.25, 0.3) is 11.2 Å². The summed E-state index contributed by atoms with van der Waals surface area (Å²) in [7, 11) is 0. The molecule has 0 spiro atoms. The molecule has 0 bridgehead atoms. The Bertz CT molecular complexity index is 2020. The fourth-order valence-electron chi connectivity index (χ4n) is 4.82. The first kappa shape index (κ1) is 32.3. The number of aryl methyl sites for hydroxylation is 1. The zero-order valence-corrected chi connectivity index (χ0v) is 29.5. The lowest BCUT2D eigenvalue weighted by atomic mass is 9.94. The van der Waals surface area contributed by atoms with E-state index in [1.807, 2.05) is 36.4 Å². The molecule has 3 aromatic carbocycles. The molecule has 4 aromatic rings. The van der Waals surface area contributed by atoms with Gasteiger partial charge in [-0.05, 0) is 101 Å². The highest BCUT2D eigenvalue weighted by atomic mass is 127. The minimum atomic E-state index is -0.951. The molecule has 0 aliphatic carbocycles. The average molecular weight is 856 g/mol. The number of hydrogen-bond donors (Lipinski definition) is 0. The smallest absolute Gasteiger partial charge is 0.338 e. The Morgan fingerprint density at radius 1 is 1.16 bits per heavy atom. The van der Waals surface area contributed by atoms with E-state index >= 15 is 0 Å². The second-order valence-electron chi connectivity index (χ2n) is 9.80. The van der Waals surface area contributed by atoms with Crippen molar-refractivity contribution >= 4 is 85.9 Å². The Labute approximate surface area is 288 Å². The molecule has 1 atom stereocenters. The van der Waals surface area contributed by atoms with Crippen molar-refractivity contribution in [2.75, 3.05) is 6.61 Å². The third-order valence-electron chi connectivity index (χ3n) is 6.91. The summed E-state index contributed by atoms with van der Waals surface area (Å²) in [5, 5.41) is 12.4. The number of carbonyl (C=O) groups excluding carboxylic acids is 1. The number of rotatable bonds is 8. The van der Waals surface area contributed by atoms with E-state index in [-0.39, 0.29) is 23.4 Å². The van der Waals surface area contributed by atoms with Gasteiger partial charge in [0.15, 0.2) is 4.80 Å². The van der Waals surface area contributed by atoms with Crippen LogP contribution in [0.3, 0.4) is 0 Å². The summed E-state index contributed by atoms with van der Waals surface area (Å²) in [4.78, 5) is 43.4. The largest absolute Gasteiger partial charge is 0.487 e. The quantitative estimate of drug-likeness (QED) is 0.0872. The number of aromatic nitrogens is 1. The Balaban J connectivity index is 1.60. The molecule has 9 nitrogen and oxygen atoms in total. The molecule has 0 radical (unpaired) electrons. The highest BCUT2D eigenvalue weighted by Crippen LogP contribution is 2.34. The number of nitrogens with zero attached hydrogens (tertiary/aromatic N) is 3. The summed E-state index contributed by atoms with van der Waals surface area (Å²) in [6.45, 7) is 5.42.